The van der Waals surface area contributed by atoms with Gasteiger partial charge in [0.05, 0.1) is 24.9 Å². The molecular formula is C22H26N8O. The molecule has 4 aromatic rings. The summed E-state index contributed by atoms with van der Waals surface area (Å²) >= 11 is 0. The van der Waals surface area contributed by atoms with E-state index in [4.69, 9.17) is 9.84 Å². The molecule has 0 amide bonds. The summed E-state index contributed by atoms with van der Waals surface area (Å²) < 4.78 is 9.30. The Balaban J connectivity index is 1.15. The van der Waals surface area contributed by atoms with Crippen LogP contribution in [0.1, 0.15) is 25.7 Å². The van der Waals surface area contributed by atoms with Crippen LogP contribution in [0.3, 0.4) is 0 Å². The van der Waals surface area contributed by atoms with Gasteiger partial charge in [0.1, 0.15) is 0 Å². The van der Waals surface area contributed by atoms with Crippen molar-refractivity contribution >= 4 is 17.2 Å². The number of nitrogens with one attached hydrogen (secondary N) is 1. The molecule has 2 aliphatic rings. The van der Waals surface area contributed by atoms with E-state index in [1.807, 2.05) is 39.9 Å². The number of ether oxygens (including phenoxy) is 1. The van der Waals surface area contributed by atoms with Crippen molar-refractivity contribution in [3.63, 3.8) is 0 Å². The Morgan fingerprint density at radius 3 is 2.71 bits per heavy atom. The summed E-state index contributed by atoms with van der Waals surface area (Å²) in [7, 11) is 0. The average molecular weight is 419 g/mol. The fraction of sp³-hybridized carbons (Fsp3) is 0.455. The molecule has 9 heteroatoms. The molecule has 0 atom stereocenters. The zero-order valence-electron chi connectivity index (χ0n) is 17.4. The van der Waals surface area contributed by atoms with Gasteiger partial charge < -0.3 is 10.1 Å². The number of anilines is 1. The predicted octanol–water partition coefficient (Wildman–Crippen LogP) is 2.49. The van der Waals surface area contributed by atoms with Gasteiger partial charge in [-0.2, -0.15) is 0 Å². The van der Waals surface area contributed by atoms with Crippen LogP contribution in [0.2, 0.25) is 0 Å². The van der Waals surface area contributed by atoms with Crippen molar-refractivity contribution in [1.29, 1.82) is 0 Å². The third-order valence-corrected chi connectivity index (χ3v) is 6.57. The number of aromatic nitrogens is 6. The fourth-order valence-corrected chi connectivity index (χ4v) is 4.88. The first-order valence-electron chi connectivity index (χ1n) is 11.1. The van der Waals surface area contributed by atoms with Crippen LogP contribution >= 0.6 is 0 Å². The molecular weight excluding hydrogens is 392 g/mol. The van der Waals surface area contributed by atoms with Crippen molar-refractivity contribution in [2.75, 3.05) is 31.6 Å². The van der Waals surface area contributed by atoms with E-state index < -0.39 is 0 Å². The summed E-state index contributed by atoms with van der Waals surface area (Å²) in [6, 6.07) is 3.18. The Morgan fingerprint density at radius 1 is 0.968 bits per heavy atom. The highest BCUT2D eigenvalue weighted by Gasteiger charge is 2.27. The van der Waals surface area contributed by atoms with Crippen LogP contribution in [0, 0.1) is 0 Å². The second kappa shape index (κ2) is 7.90. The largest absolute Gasteiger partial charge is 0.379 e. The number of hydrogen-bond acceptors (Lipinski definition) is 7. The summed E-state index contributed by atoms with van der Waals surface area (Å²) in [5.41, 5.74) is 3.03. The molecule has 0 radical (unpaired) electrons. The predicted molar refractivity (Wildman–Crippen MR) is 117 cm³/mol. The Kier molecular flexibility index (Phi) is 4.77. The number of fused-ring (bicyclic) bond motifs is 2. The highest BCUT2D eigenvalue weighted by Crippen LogP contribution is 2.27. The third-order valence-electron chi connectivity index (χ3n) is 6.57. The molecule has 1 aliphatic heterocycles. The van der Waals surface area contributed by atoms with Crippen LogP contribution in [0.15, 0.2) is 43.2 Å². The zero-order valence-corrected chi connectivity index (χ0v) is 17.4. The maximum atomic E-state index is 5.49. The van der Waals surface area contributed by atoms with Crippen molar-refractivity contribution in [2.45, 2.75) is 37.8 Å². The van der Waals surface area contributed by atoms with Crippen LogP contribution in [0.25, 0.3) is 22.4 Å². The molecule has 1 aliphatic carbocycles. The van der Waals surface area contributed by atoms with Crippen molar-refractivity contribution in [3.8, 4) is 11.1 Å². The van der Waals surface area contributed by atoms with Crippen LogP contribution < -0.4 is 5.32 Å². The number of hydrogen-bond donors (Lipinski definition) is 1. The van der Waals surface area contributed by atoms with Crippen molar-refractivity contribution in [1.82, 2.24) is 33.9 Å². The van der Waals surface area contributed by atoms with Crippen LogP contribution in [0.4, 0.5) is 5.95 Å². The normalized spacial score (nSPS) is 22.8. The van der Waals surface area contributed by atoms with Crippen molar-refractivity contribution in [3.05, 3.63) is 43.2 Å². The molecule has 0 unspecified atom stereocenters. The topological polar surface area (TPSA) is 84.9 Å². The lowest BCUT2D eigenvalue weighted by Gasteiger charge is -2.38. The minimum Gasteiger partial charge on any atom is -0.379 e. The maximum absolute atomic E-state index is 5.49. The molecule has 1 N–H and O–H groups in total. The van der Waals surface area contributed by atoms with Crippen molar-refractivity contribution < 1.29 is 4.74 Å². The minimum atomic E-state index is 0.428. The molecule has 6 rings (SSSR count). The van der Waals surface area contributed by atoms with Crippen LogP contribution in [0.5, 0.6) is 0 Å². The number of nitrogens with zero attached hydrogens (tertiary/aromatic N) is 7. The highest BCUT2D eigenvalue weighted by atomic mass is 16.5. The van der Waals surface area contributed by atoms with E-state index >= 15 is 0 Å². The zero-order chi connectivity index (χ0) is 20.6. The maximum Gasteiger partial charge on any atom is 0.241 e. The van der Waals surface area contributed by atoms with E-state index in [1.54, 1.807) is 6.20 Å². The number of morpholine rings is 1. The highest BCUT2D eigenvalue weighted by molar-refractivity contribution is 5.79. The van der Waals surface area contributed by atoms with Gasteiger partial charge in [-0.1, -0.05) is 0 Å². The Labute approximate surface area is 180 Å². The molecule has 31 heavy (non-hydrogen) atoms. The fourth-order valence-electron chi connectivity index (χ4n) is 4.88. The monoisotopic (exact) mass is 418 g/mol. The van der Waals surface area contributed by atoms with Gasteiger partial charge in [0.2, 0.25) is 11.7 Å². The molecule has 2 fully saturated rings. The van der Waals surface area contributed by atoms with Gasteiger partial charge in [-0.15, -0.1) is 5.10 Å². The molecule has 0 aromatic carbocycles. The third kappa shape index (κ3) is 3.64. The Bertz CT molecular complexity index is 1190. The molecule has 1 saturated heterocycles. The van der Waals surface area contributed by atoms with Gasteiger partial charge >= 0.3 is 0 Å². The van der Waals surface area contributed by atoms with E-state index in [9.17, 15) is 0 Å². The van der Waals surface area contributed by atoms with Gasteiger partial charge in [0.15, 0.2) is 0 Å². The lowest BCUT2D eigenvalue weighted by Crippen LogP contribution is -2.46. The number of imidazole rings is 1. The lowest BCUT2D eigenvalue weighted by atomic mass is 9.90. The summed E-state index contributed by atoms with van der Waals surface area (Å²) in [5, 5.41) is 8.26. The van der Waals surface area contributed by atoms with Crippen LogP contribution in [-0.2, 0) is 4.74 Å². The second-order valence-corrected chi connectivity index (χ2v) is 8.42. The van der Waals surface area contributed by atoms with Gasteiger partial charge in [0.25, 0.3) is 0 Å². The van der Waals surface area contributed by atoms with Gasteiger partial charge in [-0.05, 0) is 31.7 Å². The standard InChI is InChI=1S/C22H26N8O/c1-3-18(28-9-11-31-12-10-28)4-2-17(1)26-21-24-14-20-19(5-7-30(20)27-21)16-13-25-22-23-6-8-29(22)15-16/h5-8,13-15,17-18H,1-4,9-12H2,(H,26,27). The molecule has 1 saturated carbocycles. The molecule has 160 valence electrons. The smallest absolute Gasteiger partial charge is 0.241 e. The molecule has 4 aromatic heterocycles. The summed E-state index contributed by atoms with van der Waals surface area (Å²) in [6.07, 6.45) is 16.1. The molecule has 9 nitrogen and oxygen atoms in total. The summed E-state index contributed by atoms with van der Waals surface area (Å²) in [6.45, 7) is 3.89. The summed E-state index contributed by atoms with van der Waals surface area (Å²) in [5.74, 6) is 1.38. The van der Waals surface area contributed by atoms with Crippen molar-refractivity contribution in [2.24, 2.45) is 0 Å². The summed E-state index contributed by atoms with van der Waals surface area (Å²) in [4.78, 5) is 15.8. The van der Waals surface area contributed by atoms with E-state index in [-0.39, 0.29) is 0 Å². The second-order valence-electron chi connectivity index (χ2n) is 8.42. The molecule has 0 bridgehead atoms. The first kappa shape index (κ1) is 18.7. The van der Waals surface area contributed by atoms with Crippen LogP contribution in [-0.4, -0.2) is 72.3 Å². The lowest BCUT2D eigenvalue weighted by molar-refractivity contribution is 0.00790. The quantitative estimate of drug-likeness (QED) is 0.545. The number of rotatable bonds is 4. The first-order valence-corrected chi connectivity index (χ1v) is 11.1. The van der Waals surface area contributed by atoms with E-state index in [0.717, 1.165) is 55.8 Å². The van der Waals surface area contributed by atoms with Gasteiger partial charge in [-0.25, -0.2) is 19.5 Å². The van der Waals surface area contributed by atoms with Gasteiger partial charge in [-0.3, -0.25) is 9.30 Å². The average Bonchev–Trinajstić information content (AvgIpc) is 3.46. The first-order chi connectivity index (χ1) is 15.3. The Morgan fingerprint density at radius 2 is 1.84 bits per heavy atom. The molecule has 0 spiro atoms. The van der Waals surface area contributed by atoms with Gasteiger partial charge in [0, 0.05) is 67.3 Å². The van der Waals surface area contributed by atoms with E-state index in [2.05, 4.69) is 31.2 Å². The van der Waals surface area contributed by atoms with E-state index in [0.29, 0.717) is 23.8 Å². The Hall–Kier alpha value is -3.04. The minimum absolute atomic E-state index is 0.428. The molecule has 5 heterocycles. The SMILES string of the molecule is c1cn2cc(-c3ccn4nc(NC5CCC(N6CCOCC6)CC5)ncc34)cnc2n1. The van der Waals surface area contributed by atoms with E-state index in [1.165, 1.54) is 12.8 Å².